The van der Waals surface area contributed by atoms with E-state index in [0.29, 0.717) is 11.3 Å². The fraction of sp³-hybridized carbons (Fsp3) is 0.111. The molecule has 3 aromatic rings. The van der Waals surface area contributed by atoms with Crippen molar-refractivity contribution in [2.75, 3.05) is 12.4 Å². The lowest BCUT2D eigenvalue weighted by Gasteiger charge is -2.07. The summed E-state index contributed by atoms with van der Waals surface area (Å²) in [5.41, 5.74) is 4.21. The maximum Gasteiger partial charge on any atom is 0.255 e. The summed E-state index contributed by atoms with van der Waals surface area (Å²) in [6.45, 7) is 1.97. The minimum atomic E-state index is -0.174. The molecular weight excluding hydrogens is 290 g/mol. The van der Waals surface area contributed by atoms with E-state index in [2.05, 4.69) is 15.3 Å². The summed E-state index contributed by atoms with van der Waals surface area (Å²) in [5, 5.41) is 2.87. The number of benzene rings is 2. The number of hydrogen-bond acceptors (Lipinski definition) is 3. The van der Waals surface area contributed by atoms with Gasteiger partial charge in [0, 0.05) is 22.5 Å². The number of aromatic nitrogens is 2. The molecule has 0 bridgehead atoms. The number of carbonyl (C=O) groups is 1. The van der Waals surface area contributed by atoms with Gasteiger partial charge in [-0.1, -0.05) is 18.2 Å². The average molecular weight is 307 g/mol. The van der Waals surface area contributed by atoms with Gasteiger partial charge in [-0.05, 0) is 37.3 Å². The molecule has 2 aromatic carbocycles. The highest BCUT2D eigenvalue weighted by molar-refractivity contribution is 6.04. The van der Waals surface area contributed by atoms with Gasteiger partial charge in [-0.15, -0.1) is 0 Å². The van der Waals surface area contributed by atoms with E-state index in [0.717, 1.165) is 22.6 Å². The first kappa shape index (κ1) is 14.8. The number of nitrogens with zero attached hydrogens (tertiary/aromatic N) is 1. The lowest BCUT2D eigenvalue weighted by atomic mass is 10.1. The number of rotatable bonds is 4. The Bertz CT molecular complexity index is 822. The Morgan fingerprint density at radius 1 is 1.17 bits per heavy atom. The van der Waals surface area contributed by atoms with Gasteiger partial charge in [0.1, 0.15) is 5.75 Å². The average Bonchev–Trinajstić information content (AvgIpc) is 3.01. The van der Waals surface area contributed by atoms with Gasteiger partial charge >= 0.3 is 0 Å². The first-order valence-electron chi connectivity index (χ1n) is 7.23. The van der Waals surface area contributed by atoms with Crippen LogP contribution in [0.3, 0.4) is 0 Å². The highest BCUT2D eigenvalue weighted by atomic mass is 16.5. The Morgan fingerprint density at radius 2 is 1.96 bits per heavy atom. The summed E-state index contributed by atoms with van der Waals surface area (Å²) in [6, 6.07) is 14.6. The Kier molecular flexibility index (Phi) is 4.10. The Morgan fingerprint density at radius 3 is 2.61 bits per heavy atom. The van der Waals surface area contributed by atoms with Crippen molar-refractivity contribution in [2.45, 2.75) is 6.92 Å². The Hall–Kier alpha value is -3.08. The summed E-state index contributed by atoms with van der Waals surface area (Å²) in [5.74, 6) is 0.481. The number of H-pyrrole nitrogens is 1. The molecule has 0 fully saturated rings. The van der Waals surface area contributed by atoms with Gasteiger partial charge in [0.15, 0.2) is 0 Å². The normalized spacial score (nSPS) is 10.3. The van der Waals surface area contributed by atoms with Crippen LogP contribution in [-0.4, -0.2) is 23.0 Å². The molecule has 5 heteroatoms. The number of methoxy groups -OCH3 is 1. The number of amides is 1. The standard InChI is InChI=1S/C18H17N3O2/c1-12-17(20-11-19-12)13-6-8-15(9-7-13)21-18(22)14-4-3-5-16(10-14)23-2/h3-11H,1-2H3,(H,19,20)(H,21,22). The fourth-order valence-corrected chi connectivity index (χ4v) is 2.33. The molecule has 0 aliphatic heterocycles. The molecule has 0 aliphatic rings. The van der Waals surface area contributed by atoms with Gasteiger partial charge in [-0.3, -0.25) is 4.79 Å². The molecule has 3 rings (SSSR count). The molecule has 0 unspecified atom stereocenters. The molecule has 0 atom stereocenters. The second kappa shape index (κ2) is 6.36. The van der Waals surface area contributed by atoms with E-state index < -0.39 is 0 Å². The van der Waals surface area contributed by atoms with Crippen LogP contribution in [0.2, 0.25) is 0 Å². The van der Waals surface area contributed by atoms with Crippen molar-refractivity contribution < 1.29 is 9.53 Å². The number of aromatic amines is 1. The Balaban J connectivity index is 1.75. The molecule has 0 radical (unpaired) electrons. The minimum absolute atomic E-state index is 0.174. The van der Waals surface area contributed by atoms with Gasteiger partial charge in [0.05, 0.1) is 19.1 Å². The topological polar surface area (TPSA) is 67.0 Å². The van der Waals surface area contributed by atoms with Crippen molar-refractivity contribution in [1.29, 1.82) is 0 Å². The number of nitrogens with one attached hydrogen (secondary N) is 2. The molecule has 1 heterocycles. The third kappa shape index (κ3) is 3.23. The molecule has 0 saturated carbocycles. The maximum absolute atomic E-state index is 12.3. The third-order valence-corrected chi connectivity index (χ3v) is 3.58. The first-order valence-corrected chi connectivity index (χ1v) is 7.23. The van der Waals surface area contributed by atoms with E-state index in [1.807, 2.05) is 31.2 Å². The van der Waals surface area contributed by atoms with Crippen LogP contribution in [0.1, 0.15) is 16.1 Å². The quantitative estimate of drug-likeness (QED) is 0.773. The predicted octanol–water partition coefficient (Wildman–Crippen LogP) is 3.65. The summed E-state index contributed by atoms with van der Waals surface area (Å²) in [7, 11) is 1.58. The van der Waals surface area contributed by atoms with Crippen molar-refractivity contribution in [3.8, 4) is 17.0 Å². The molecule has 5 nitrogen and oxygen atoms in total. The second-order valence-electron chi connectivity index (χ2n) is 5.14. The fourth-order valence-electron chi connectivity index (χ4n) is 2.33. The van der Waals surface area contributed by atoms with E-state index >= 15 is 0 Å². The maximum atomic E-state index is 12.3. The van der Waals surface area contributed by atoms with Crippen molar-refractivity contribution in [1.82, 2.24) is 9.97 Å². The summed E-state index contributed by atoms with van der Waals surface area (Å²) >= 11 is 0. The smallest absolute Gasteiger partial charge is 0.255 e. The van der Waals surface area contributed by atoms with E-state index in [4.69, 9.17) is 4.74 Å². The van der Waals surface area contributed by atoms with E-state index in [9.17, 15) is 4.79 Å². The minimum Gasteiger partial charge on any atom is -0.497 e. The molecular formula is C18H17N3O2. The number of imidazole rings is 1. The first-order chi connectivity index (χ1) is 11.2. The lowest BCUT2D eigenvalue weighted by Crippen LogP contribution is -2.11. The number of aryl methyl sites for hydroxylation is 1. The summed E-state index contributed by atoms with van der Waals surface area (Å²) in [6.07, 6.45) is 1.67. The molecule has 0 saturated heterocycles. The molecule has 0 aliphatic carbocycles. The van der Waals surface area contributed by atoms with Crippen LogP contribution >= 0.6 is 0 Å². The molecule has 2 N–H and O–H groups in total. The van der Waals surface area contributed by atoms with Crippen molar-refractivity contribution in [3.63, 3.8) is 0 Å². The van der Waals surface area contributed by atoms with Crippen molar-refractivity contribution >= 4 is 11.6 Å². The number of hydrogen-bond donors (Lipinski definition) is 2. The number of carbonyl (C=O) groups excluding carboxylic acids is 1. The van der Waals surface area contributed by atoms with Crippen LogP contribution < -0.4 is 10.1 Å². The van der Waals surface area contributed by atoms with Crippen LogP contribution in [0.15, 0.2) is 54.9 Å². The van der Waals surface area contributed by atoms with Crippen LogP contribution in [-0.2, 0) is 0 Å². The van der Waals surface area contributed by atoms with E-state index in [1.165, 1.54) is 0 Å². The largest absolute Gasteiger partial charge is 0.497 e. The zero-order valence-corrected chi connectivity index (χ0v) is 13.0. The van der Waals surface area contributed by atoms with Crippen LogP contribution in [0.4, 0.5) is 5.69 Å². The SMILES string of the molecule is COc1cccc(C(=O)Nc2ccc(-c3nc[nH]c3C)cc2)c1. The molecule has 116 valence electrons. The van der Waals surface area contributed by atoms with E-state index in [-0.39, 0.29) is 5.91 Å². The van der Waals surface area contributed by atoms with Crippen LogP contribution in [0.5, 0.6) is 5.75 Å². The zero-order valence-electron chi connectivity index (χ0n) is 13.0. The highest BCUT2D eigenvalue weighted by Gasteiger charge is 2.08. The predicted molar refractivity (Wildman–Crippen MR) is 89.7 cm³/mol. The molecule has 1 amide bonds. The van der Waals surface area contributed by atoms with Gasteiger partial charge in [0.25, 0.3) is 5.91 Å². The molecule has 0 spiro atoms. The van der Waals surface area contributed by atoms with Gasteiger partial charge < -0.3 is 15.0 Å². The summed E-state index contributed by atoms with van der Waals surface area (Å²) < 4.78 is 5.13. The van der Waals surface area contributed by atoms with E-state index in [1.54, 1.807) is 37.7 Å². The van der Waals surface area contributed by atoms with Crippen molar-refractivity contribution in [2.24, 2.45) is 0 Å². The molecule has 23 heavy (non-hydrogen) atoms. The van der Waals surface area contributed by atoms with Crippen LogP contribution in [0, 0.1) is 6.92 Å². The monoisotopic (exact) mass is 307 g/mol. The third-order valence-electron chi connectivity index (χ3n) is 3.58. The zero-order chi connectivity index (χ0) is 16.2. The van der Waals surface area contributed by atoms with Crippen molar-refractivity contribution in [3.05, 3.63) is 66.1 Å². The Labute approximate surface area is 134 Å². The van der Waals surface area contributed by atoms with Crippen LogP contribution in [0.25, 0.3) is 11.3 Å². The number of ether oxygens (including phenoxy) is 1. The highest BCUT2D eigenvalue weighted by Crippen LogP contribution is 2.22. The number of anilines is 1. The lowest BCUT2D eigenvalue weighted by molar-refractivity contribution is 0.102. The molecule has 1 aromatic heterocycles. The van der Waals surface area contributed by atoms with Gasteiger partial charge in [0.2, 0.25) is 0 Å². The van der Waals surface area contributed by atoms with Gasteiger partial charge in [-0.25, -0.2) is 4.98 Å². The summed E-state index contributed by atoms with van der Waals surface area (Å²) in [4.78, 5) is 19.6. The van der Waals surface area contributed by atoms with Gasteiger partial charge in [-0.2, -0.15) is 0 Å². The second-order valence-corrected chi connectivity index (χ2v) is 5.14.